The zero-order chi connectivity index (χ0) is 12.6. The molecule has 0 aliphatic carbocycles. The highest BCUT2D eigenvalue weighted by Gasteiger charge is 2.18. The number of aliphatic hydroxyl groups is 1. The molecule has 0 spiro atoms. The van der Waals surface area contributed by atoms with Crippen molar-refractivity contribution >= 4 is 27.3 Å². The van der Waals surface area contributed by atoms with Gasteiger partial charge in [0.05, 0.1) is 3.79 Å². The highest BCUT2D eigenvalue weighted by molar-refractivity contribution is 9.11. The molecule has 1 aromatic heterocycles. The van der Waals surface area contributed by atoms with Gasteiger partial charge in [-0.2, -0.15) is 0 Å². The molecule has 0 aliphatic rings. The van der Waals surface area contributed by atoms with Crippen molar-refractivity contribution < 1.29 is 13.9 Å². The molecule has 1 heterocycles. The van der Waals surface area contributed by atoms with Gasteiger partial charge in [-0.25, -0.2) is 8.78 Å². The fourth-order valence-electron chi connectivity index (χ4n) is 1.54. The lowest BCUT2D eigenvalue weighted by molar-refractivity contribution is 0.215. The summed E-state index contributed by atoms with van der Waals surface area (Å²) in [5.74, 6) is -1.34. The molecular weight excluding hydrogens is 310 g/mol. The van der Waals surface area contributed by atoms with Crippen LogP contribution in [-0.4, -0.2) is 5.11 Å². The third-order valence-electron chi connectivity index (χ3n) is 2.48. The van der Waals surface area contributed by atoms with E-state index in [0.717, 1.165) is 9.85 Å². The van der Waals surface area contributed by atoms with E-state index in [4.69, 9.17) is 0 Å². The zero-order valence-corrected chi connectivity index (χ0v) is 11.3. The molecular formula is C12H9BrF2OS. The van der Waals surface area contributed by atoms with E-state index in [1.807, 2.05) is 0 Å². The summed E-state index contributed by atoms with van der Waals surface area (Å²) in [5.41, 5.74) is 0.996. The van der Waals surface area contributed by atoms with Gasteiger partial charge in [-0.1, -0.05) is 0 Å². The second-order valence-electron chi connectivity index (χ2n) is 3.71. The van der Waals surface area contributed by atoms with Crippen molar-refractivity contribution in [2.75, 3.05) is 0 Å². The number of aliphatic hydroxyl groups excluding tert-OH is 1. The monoisotopic (exact) mass is 318 g/mol. The maximum atomic E-state index is 13.6. The van der Waals surface area contributed by atoms with Crippen LogP contribution in [0.25, 0.3) is 0 Å². The maximum Gasteiger partial charge on any atom is 0.132 e. The number of hydrogen-bond acceptors (Lipinski definition) is 2. The van der Waals surface area contributed by atoms with Crippen molar-refractivity contribution in [2.24, 2.45) is 0 Å². The minimum atomic E-state index is -1.07. The maximum absolute atomic E-state index is 13.6. The molecule has 0 saturated heterocycles. The lowest BCUT2D eigenvalue weighted by Gasteiger charge is -2.11. The van der Waals surface area contributed by atoms with Crippen molar-refractivity contribution in [1.29, 1.82) is 0 Å². The molecule has 1 nitrogen and oxygen atoms in total. The molecule has 0 radical (unpaired) electrons. The van der Waals surface area contributed by atoms with Crippen LogP contribution in [0.15, 0.2) is 27.4 Å². The largest absolute Gasteiger partial charge is 0.384 e. The summed E-state index contributed by atoms with van der Waals surface area (Å²) in [4.78, 5) is 0. The van der Waals surface area contributed by atoms with Crippen LogP contribution in [0.5, 0.6) is 0 Å². The number of hydrogen-bond donors (Lipinski definition) is 1. The highest BCUT2D eigenvalue weighted by atomic mass is 79.9. The summed E-state index contributed by atoms with van der Waals surface area (Å²) in [6.45, 7) is 1.54. The predicted molar refractivity (Wildman–Crippen MR) is 67.2 cm³/mol. The van der Waals surface area contributed by atoms with E-state index in [1.54, 1.807) is 11.4 Å². The summed E-state index contributed by atoms with van der Waals surface area (Å²) < 4.78 is 27.5. The molecule has 0 amide bonds. The van der Waals surface area contributed by atoms with Gasteiger partial charge in [0.2, 0.25) is 0 Å². The Hall–Kier alpha value is -0.780. The molecule has 0 saturated carbocycles. The second-order valence-corrected chi connectivity index (χ2v) is 6.00. The van der Waals surface area contributed by atoms with E-state index in [2.05, 4.69) is 15.9 Å². The molecule has 90 valence electrons. The Labute approximate surface area is 110 Å². The Morgan fingerprint density at radius 2 is 1.94 bits per heavy atom. The topological polar surface area (TPSA) is 20.2 Å². The van der Waals surface area contributed by atoms with Crippen LogP contribution in [0.2, 0.25) is 0 Å². The Kier molecular flexibility index (Phi) is 3.61. The lowest BCUT2D eigenvalue weighted by atomic mass is 10.0. The first-order valence-corrected chi connectivity index (χ1v) is 6.54. The summed E-state index contributed by atoms with van der Waals surface area (Å²) in [6.07, 6.45) is -1.07. The Morgan fingerprint density at radius 3 is 2.53 bits per heavy atom. The molecule has 1 atom stereocenters. The molecule has 1 N–H and O–H groups in total. The summed E-state index contributed by atoms with van der Waals surface area (Å²) in [6, 6.07) is 3.85. The van der Waals surface area contributed by atoms with Gasteiger partial charge in [-0.05, 0) is 51.5 Å². The van der Waals surface area contributed by atoms with Gasteiger partial charge in [0.25, 0.3) is 0 Å². The van der Waals surface area contributed by atoms with Crippen molar-refractivity contribution in [2.45, 2.75) is 13.0 Å². The smallest absolute Gasteiger partial charge is 0.132 e. The fraction of sp³-hybridized carbons (Fsp3) is 0.167. The van der Waals surface area contributed by atoms with Gasteiger partial charge < -0.3 is 5.11 Å². The Balaban J connectivity index is 2.43. The first-order valence-electron chi connectivity index (χ1n) is 4.86. The molecule has 2 aromatic rings. The number of halogens is 3. The van der Waals surface area contributed by atoms with Crippen LogP contribution in [0, 0.1) is 18.6 Å². The molecule has 0 aliphatic heterocycles. The lowest BCUT2D eigenvalue weighted by Crippen LogP contribution is -2.03. The van der Waals surface area contributed by atoms with Gasteiger partial charge >= 0.3 is 0 Å². The van der Waals surface area contributed by atoms with Crippen LogP contribution >= 0.6 is 27.3 Å². The van der Waals surface area contributed by atoms with Gasteiger partial charge in [0.15, 0.2) is 0 Å². The summed E-state index contributed by atoms with van der Waals surface area (Å²) >= 11 is 4.67. The van der Waals surface area contributed by atoms with Gasteiger partial charge in [0, 0.05) is 11.6 Å². The van der Waals surface area contributed by atoms with E-state index < -0.39 is 17.7 Å². The zero-order valence-electron chi connectivity index (χ0n) is 8.88. The van der Waals surface area contributed by atoms with Crippen LogP contribution in [0.1, 0.15) is 22.8 Å². The molecule has 17 heavy (non-hydrogen) atoms. The van der Waals surface area contributed by atoms with Gasteiger partial charge in [0.1, 0.15) is 17.7 Å². The van der Waals surface area contributed by atoms with Gasteiger partial charge in [-0.15, -0.1) is 11.3 Å². The van der Waals surface area contributed by atoms with Crippen LogP contribution in [0.3, 0.4) is 0 Å². The average molecular weight is 319 g/mol. The fourth-order valence-corrected chi connectivity index (χ4v) is 2.73. The van der Waals surface area contributed by atoms with E-state index in [1.165, 1.54) is 24.3 Å². The van der Waals surface area contributed by atoms with E-state index >= 15 is 0 Å². The second kappa shape index (κ2) is 4.84. The number of aryl methyl sites for hydroxylation is 1. The number of thiophene rings is 1. The quantitative estimate of drug-likeness (QED) is 0.880. The summed E-state index contributed by atoms with van der Waals surface area (Å²) in [7, 11) is 0. The Morgan fingerprint density at radius 1 is 1.24 bits per heavy atom. The molecule has 1 aromatic carbocycles. The number of benzene rings is 1. The first kappa shape index (κ1) is 12.7. The highest BCUT2D eigenvalue weighted by Crippen LogP contribution is 2.31. The standard InChI is InChI=1S/C12H9BrF2OS/c1-6-2-8(10(15)4-9(6)14)12(16)7-3-11(13)17-5-7/h2-5,12,16H,1H3. The van der Waals surface area contributed by atoms with Crippen LogP contribution in [0.4, 0.5) is 8.78 Å². The normalized spacial score (nSPS) is 12.8. The van der Waals surface area contributed by atoms with Crippen LogP contribution < -0.4 is 0 Å². The minimum Gasteiger partial charge on any atom is -0.384 e. The third kappa shape index (κ3) is 2.56. The van der Waals surface area contributed by atoms with Crippen molar-refractivity contribution in [1.82, 2.24) is 0 Å². The average Bonchev–Trinajstić information content (AvgIpc) is 2.69. The third-order valence-corrected chi connectivity index (χ3v) is 4.00. The van der Waals surface area contributed by atoms with E-state index in [-0.39, 0.29) is 5.56 Å². The molecule has 0 bridgehead atoms. The van der Waals surface area contributed by atoms with Crippen molar-refractivity contribution in [3.8, 4) is 0 Å². The SMILES string of the molecule is Cc1cc(C(O)c2csc(Br)c2)c(F)cc1F. The van der Waals surface area contributed by atoms with E-state index in [9.17, 15) is 13.9 Å². The molecule has 2 rings (SSSR count). The summed E-state index contributed by atoms with van der Waals surface area (Å²) in [5, 5.41) is 11.8. The first-order chi connectivity index (χ1) is 7.99. The van der Waals surface area contributed by atoms with Crippen molar-refractivity contribution in [3.63, 3.8) is 0 Å². The van der Waals surface area contributed by atoms with Crippen molar-refractivity contribution in [3.05, 3.63) is 55.7 Å². The molecule has 1 unspecified atom stereocenters. The molecule has 0 fully saturated rings. The Bertz CT molecular complexity index is 553. The molecule has 5 heteroatoms. The minimum absolute atomic E-state index is 0.0919. The predicted octanol–water partition coefficient (Wildman–Crippen LogP) is 4.18. The number of rotatable bonds is 2. The van der Waals surface area contributed by atoms with Crippen LogP contribution in [-0.2, 0) is 0 Å². The van der Waals surface area contributed by atoms with Gasteiger partial charge in [-0.3, -0.25) is 0 Å². The van der Waals surface area contributed by atoms with E-state index in [0.29, 0.717) is 11.1 Å².